The lowest BCUT2D eigenvalue weighted by Gasteiger charge is -2.40. The molecule has 0 saturated carbocycles. The number of rotatable bonds is 5. The highest BCUT2D eigenvalue weighted by molar-refractivity contribution is 5.94. The van der Waals surface area contributed by atoms with Crippen LogP contribution in [0.15, 0.2) is 35.4 Å². The van der Waals surface area contributed by atoms with Gasteiger partial charge in [-0.1, -0.05) is 0 Å². The second-order valence-electron chi connectivity index (χ2n) is 9.00. The molecule has 0 aliphatic carbocycles. The predicted molar refractivity (Wildman–Crippen MR) is 130 cm³/mol. The Kier molecular flexibility index (Phi) is 6.23. The van der Waals surface area contributed by atoms with Crippen LogP contribution in [0.2, 0.25) is 0 Å². The molecular formula is C25H22F2N8O3. The number of benzene rings is 1. The molecule has 5 rings (SSSR count). The SMILES string of the molecule is Cc1c(C(N)=O)nn(C)c1-c1ccc(F)c(OC2CN(C(=O)N3N=CC[C@H]3c3cc(F)cc(C#N)c3)C2)n1. The van der Waals surface area contributed by atoms with Gasteiger partial charge in [0.25, 0.3) is 11.8 Å². The maximum Gasteiger partial charge on any atom is 0.341 e. The maximum atomic E-state index is 14.5. The van der Waals surface area contributed by atoms with E-state index in [-0.39, 0.29) is 30.2 Å². The van der Waals surface area contributed by atoms with E-state index in [1.165, 1.54) is 38.9 Å². The van der Waals surface area contributed by atoms with Crippen molar-refractivity contribution in [1.29, 1.82) is 5.26 Å². The van der Waals surface area contributed by atoms with Gasteiger partial charge in [-0.25, -0.2) is 23.6 Å². The zero-order valence-corrected chi connectivity index (χ0v) is 20.4. The van der Waals surface area contributed by atoms with Gasteiger partial charge < -0.3 is 15.4 Å². The van der Waals surface area contributed by atoms with Crippen molar-refractivity contribution in [2.75, 3.05) is 13.1 Å². The Bertz CT molecular complexity index is 1520. The minimum atomic E-state index is -0.686. The molecule has 2 aliphatic heterocycles. The number of pyridine rings is 1. The average molecular weight is 521 g/mol. The summed E-state index contributed by atoms with van der Waals surface area (Å²) in [6.07, 6.45) is 1.41. The Morgan fingerprint density at radius 1 is 1.21 bits per heavy atom. The molecule has 3 aromatic rings. The molecule has 11 nitrogen and oxygen atoms in total. The molecule has 0 unspecified atom stereocenters. The van der Waals surface area contributed by atoms with E-state index in [9.17, 15) is 18.4 Å². The molecule has 2 aromatic heterocycles. The van der Waals surface area contributed by atoms with Crippen LogP contribution in [-0.4, -0.2) is 62.0 Å². The lowest BCUT2D eigenvalue weighted by molar-refractivity contribution is 0.0231. The third kappa shape index (κ3) is 4.40. The van der Waals surface area contributed by atoms with Crippen molar-refractivity contribution in [3.63, 3.8) is 0 Å². The fourth-order valence-corrected chi connectivity index (χ4v) is 4.58. The zero-order chi connectivity index (χ0) is 27.1. The molecule has 1 saturated heterocycles. The van der Waals surface area contributed by atoms with Crippen molar-refractivity contribution in [3.05, 3.63) is 64.4 Å². The first-order valence-electron chi connectivity index (χ1n) is 11.6. The third-order valence-corrected chi connectivity index (χ3v) is 6.43. The van der Waals surface area contributed by atoms with E-state index >= 15 is 0 Å². The highest BCUT2D eigenvalue weighted by Gasteiger charge is 2.39. The van der Waals surface area contributed by atoms with Crippen LogP contribution in [0.4, 0.5) is 13.6 Å². The third-order valence-electron chi connectivity index (χ3n) is 6.43. The number of ether oxygens (including phenoxy) is 1. The topological polar surface area (TPSA) is 143 Å². The minimum Gasteiger partial charge on any atom is -0.468 e. The smallest absolute Gasteiger partial charge is 0.341 e. The number of aryl methyl sites for hydroxylation is 1. The molecule has 38 heavy (non-hydrogen) atoms. The second kappa shape index (κ2) is 9.55. The summed E-state index contributed by atoms with van der Waals surface area (Å²) in [6, 6.07) is 7.52. The molecule has 0 bridgehead atoms. The maximum absolute atomic E-state index is 14.5. The van der Waals surface area contributed by atoms with Gasteiger partial charge >= 0.3 is 6.03 Å². The van der Waals surface area contributed by atoms with E-state index in [1.807, 2.05) is 6.07 Å². The first kappa shape index (κ1) is 24.8. The number of nitrogens with zero attached hydrogens (tertiary/aromatic N) is 7. The van der Waals surface area contributed by atoms with Crippen LogP contribution in [0.5, 0.6) is 5.88 Å². The summed E-state index contributed by atoms with van der Waals surface area (Å²) in [5, 5.41) is 18.6. The number of hydrazone groups is 1. The summed E-state index contributed by atoms with van der Waals surface area (Å²) in [5.74, 6) is -2.19. The predicted octanol–water partition coefficient (Wildman–Crippen LogP) is 2.66. The molecule has 0 spiro atoms. The van der Waals surface area contributed by atoms with Crippen LogP contribution in [0, 0.1) is 29.9 Å². The van der Waals surface area contributed by atoms with Gasteiger partial charge in [-0.05, 0) is 42.8 Å². The van der Waals surface area contributed by atoms with Crippen LogP contribution in [-0.2, 0) is 7.05 Å². The quantitative estimate of drug-likeness (QED) is 0.548. The fraction of sp³-hybridized carbons (Fsp3) is 0.280. The molecule has 1 atom stereocenters. The van der Waals surface area contributed by atoms with Gasteiger partial charge in [0, 0.05) is 25.2 Å². The van der Waals surface area contributed by atoms with E-state index in [4.69, 9.17) is 15.7 Å². The number of likely N-dealkylation sites (tertiary alicyclic amines) is 1. The first-order chi connectivity index (χ1) is 18.2. The van der Waals surface area contributed by atoms with Gasteiger partial charge in [-0.3, -0.25) is 9.48 Å². The monoisotopic (exact) mass is 520 g/mol. The van der Waals surface area contributed by atoms with Crippen molar-refractivity contribution in [2.45, 2.75) is 25.5 Å². The number of urea groups is 1. The van der Waals surface area contributed by atoms with Gasteiger partial charge in [-0.15, -0.1) is 0 Å². The Labute approximate surface area is 215 Å². The Morgan fingerprint density at radius 3 is 2.66 bits per heavy atom. The molecule has 1 fully saturated rings. The number of nitrogens with two attached hydrogens (primary N) is 1. The zero-order valence-electron chi connectivity index (χ0n) is 20.4. The van der Waals surface area contributed by atoms with Crippen LogP contribution in [0.1, 0.15) is 39.6 Å². The van der Waals surface area contributed by atoms with E-state index in [2.05, 4.69) is 15.2 Å². The summed E-state index contributed by atoms with van der Waals surface area (Å²) in [5.41, 5.74) is 7.42. The Morgan fingerprint density at radius 2 is 1.97 bits per heavy atom. The van der Waals surface area contributed by atoms with E-state index < -0.39 is 35.7 Å². The van der Waals surface area contributed by atoms with Gasteiger partial charge in [0.2, 0.25) is 0 Å². The number of hydrogen-bond donors (Lipinski definition) is 1. The minimum absolute atomic E-state index is 0.0919. The standard InChI is InChI=1S/C25H22F2N8O3/c1-13-21(23(29)36)32-33(2)22(13)19-4-3-18(27)24(31-19)38-17-11-34(12-17)25(37)35-20(5-6-30-35)15-7-14(10-28)8-16(26)9-15/h3-4,6-9,17,20H,5,11-12H2,1-2H3,(H2,29,36)/t20-/m0/s1. The van der Waals surface area contributed by atoms with Crippen LogP contribution < -0.4 is 10.5 Å². The normalized spacial score (nSPS) is 16.9. The molecular weight excluding hydrogens is 498 g/mol. The lowest BCUT2D eigenvalue weighted by Crippen LogP contribution is -2.59. The van der Waals surface area contributed by atoms with Crippen molar-refractivity contribution in [1.82, 2.24) is 24.7 Å². The van der Waals surface area contributed by atoms with Crippen LogP contribution in [0.25, 0.3) is 11.4 Å². The van der Waals surface area contributed by atoms with Crippen molar-refractivity contribution in [2.24, 2.45) is 17.9 Å². The number of nitriles is 1. The van der Waals surface area contributed by atoms with Crippen LogP contribution in [0.3, 0.4) is 0 Å². The van der Waals surface area contributed by atoms with E-state index in [0.717, 1.165) is 6.07 Å². The van der Waals surface area contributed by atoms with Crippen molar-refractivity contribution >= 4 is 18.2 Å². The first-order valence-corrected chi connectivity index (χ1v) is 11.6. The summed E-state index contributed by atoms with van der Waals surface area (Å²) < 4.78 is 35.7. The number of amides is 3. The summed E-state index contributed by atoms with van der Waals surface area (Å²) in [4.78, 5) is 30.4. The summed E-state index contributed by atoms with van der Waals surface area (Å²) in [6.45, 7) is 1.99. The molecule has 194 valence electrons. The number of halogens is 2. The van der Waals surface area contributed by atoms with Crippen molar-refractivity contribution in [3.8, 4) is 23.3 Å². The summed E-state index contributed by atoms with van der Waals surface area (Å²) in [7, 11) is 1.62. The van der Waals surface area contributed by atoms with Gasteiger partial charge in [0.15, 0.2) is 11.5 Å². The molecule has 2 aliphatic rings. The highest BCUT2D eigenvalue weighted by atomic mass is 19.1. The van der Waals surface area contributed by atoms with Gasteiger partial charge in [0.05, 0.1) is 42.2 Å². The van der Waals surface area contributed by atoms with Crippen molar-refractivity contribution < 1.29 is 23.1 Å². The number of hydrogen-bond acceptors (Lipinski definition) is 7. The molecule has 1 aromatic carbocycles. The van der Waals surface area contributed by atoms with Gasteiger partial charge in [-0.2, -0.15) is 15.5 Å². The number of aromatic nitrogens is 3. The lowest BCUT2D eigenvalue weighted by atomic mass is 10.0. The molecule has 2 N–H and O–H groups in total. The fourth-order valence-electron chi connectivity index (χ4n) is 4.58. The van der Waals surface area contributed by atoms with E-state index in [0.29, 0.717) is 28.9 Å². The average Bonchev–Trinajstić information content (AvgIpc) is 3.46. The largest absolute Gasteiger partial charge is 0.468 e. The highest BCUT2D eigenvalue weighted by Crippen LogP contribution is 2.32. The van der Waals surface area contributed by atoms with Gasteiger partial charge in [0.1, 0.15) is 11.9 Å². The second-order valence-corrected chi connectivity index (χ2v) is 9.00. The molecule has 3 amide bonds. The number of carbonyl (C=O) groups is 2. The van der Waals surface area contributed by atoms with E-state index in [1.54, 1.807) is 20.2 Å². The molecule has 4 heterocycles. The Balaban J connectivity index is 1.27. The molecule has 0 radical (unpaired) electrons. The summed E-state index contributed by atoms with van der Waals surface area (Å²) >= 11 is 0. The molecule has 13 heteroatoms. The Hall–Kier alpha value is -4.86. The number of carbonyl (C=O) groups excluding carboxylic acids is 2. The number of primary amides is 1. The van der Waals surface area contributed by atoms with Crippen LogP contribution >= 0.6 is 0 Å².